The predicted molar refractivity (Wildman–Crippen MR) is 56.3 cm³/mol. The first-order chi connectivity index (χ1) is 7.20. The molecule has 4 nitrogen and oxygen atoms in total. The van der Waals surface area contributed by atoms with Crippen LogP contribution in [-0.2, 0) is 0 Å². The monoisotopic (exact) mass is 244 g/mol. The molecule has 0 saturated carbocycles. The molecule has 2 rings (SSSR count). The molecule has 0 bridgehead atoms. The summed E-state index contributed by atoms with van der Waals surface area (Å²) < 4.78 is 10.1. The molecule has 0 atom stereocenters. The lowest BCUT2D eigenvalue weighted by molar-refractivity contribution is 0.405. The molecule has 0 N–H and O–H groups in total. The third kappa shape index (κ3) is 2.06. The summed E-state index contributed by atoms with van der Waals surface area (Å²) in [5.41, 5.74) is 0.615. The van der Waals surface area contributed by atoms with E-state index in [0.29, 0.717) is 16.3 Å². The second-order valence-corrected chi connectivity index (χ2v) is 3.49. The fourth-order valence-electron chi connectivity index (χ4n) is 1.16. The number of aromatic nitrogens is 2. The summed E-state index contributed by atoms with van der Waals surface area (Å²) in [6.45, 7) is 0. The zero-order chi connectivity index (χ0) is 10.8. The van der Waals surface area contributed by atoms with E-state index in [9.17, 15) is 0 Å². The third-order valence-corrected chi connectivity index (χ3v) is 2.18. The Morgan fingerprint density at radius 1 is 1.33 bits per heavy atom. The maximum absolute atomic E-state index is 5.85. The van der Waals surface area contributed by atoms with Crippen LogP contribution in [0.25, 0.3) is 11.5 Å². The van der Waals surface area contributed by atoms with Gasteiger partial charge in [-0.2, -0.15) is 4.98 Å². The minimum Gasteiger partial charge on any atom is -0.496 e. The van der Waals surface area contributed by atoms with Crippen molar-refractivity contribution in [2.75, 3.05) is 7.11 Å². The number of rotatable bonds is 2. The predicted octanol–water partition coefficient (Wildman–Crippen LogP) is 3.05. The first kappa shape index (κ1) is 10.3. The van der Waals surface area contributed by atoms with Gasteiger partial charge in [0.2, 0.25) is 0 Å². The number of nitrogens with zero attached hydrogens (tertiary/aromatic N) is 2. The lowest BCUT2D eigenvalue weighted by Gasteiger charge is -2.04. The molecule has 0 aliphatic carbocycles. The number of halogens is 2. The van der Waals surface area contributed by atoms with E-state index in [2.05, 4.69) is 10.1 Å². The van der Waals surface area contributed by atoms with Gasteiger partial charge in [0.15, 0.2) is 0 Å². The van der Waals surface area contributed by atoms with Gasteiger partial charge in [-0.25, -0.2) is 0 Å². The topological polar surface area (TPSA) is 48.2 Å². The number of hydrogen-bond donors (Lipinski definition) is 0. The van der Waals surface area contributed by atoms with Gasteiger partial charge in [-0.15, -0.1) is 0 Å². The van der Waals surface area contributed by atoms with Crippen LogP contribution >= 0.6 is 23.2 Å². The maximum atomic E-state index is 5.85. The van der Waals surface area contributed by atoms with Gasteiger partial charge in [0, 0.05) is 5.02 Å². The summed E-state index contributed by atoms with van der Waals surface area (Å²) in [5.74, 6) is 0.874. The average molecular weight is 245 g/mol. The van der Waals surface area contributed by atoms with Crippen LogP contribution in [0.5, 0.6) is 5.75 Å². The third-order valence-electron chi connectivity index (χ3n) is 1.79. The van der Waals surface area contributed by atoms with E-state index in [4.69, 9.17) is 32.5 Å². The SMILES string of the molecule is COc1ccc(Cl)cc1-c1nc(Cl)no1. The fraction of sp³-hybridized carbons (Fsp3) is 0.111. The summed E-state index contributed by atoms with van der Waals surface area (Å²) in [6.07, 6.45) is 0. The summed E-state index contributed by atoms with van der Waals surface area (Å²) in [4.78, 5) is 3.88. The number of ether oxygens (including phenoxy) is 1. The van der Waals surface area contributed by atoms with E-state index in [1.165, 1.54) is 0 Å². The molecule has 0 saturated heterocycles. The second kappa shape index (κ2) is 4.08. The molecule has 0 radical (unpaired) electrons. The van der Waals surface area contributed by atoms with Gasteiger partial charge in [0.25, 0.3) is 11.2 Å². The van der Waals surface area contributed by atoms with E-state index < -0.39 is 0 Å². The van der Waals surface area contributed by atoms with Gasteiger partial charge in [0.1, 0.15) is 5.75 Å². The van der Waals surface area contributed by atoms with Gasteiger partial charge in [0.05, 0.1) is 12.7 Å². The van der Waals surface area contributed by atoms with E-state index in [1.807, 2.05) is 0 Å². The minimum atomic E-state index is 0.0482. The first-order valence-electron chi connectivity index (χ1n) is 4.04. The van der Waals surface area contributed by atoms with Crippen LogP contribution in [-0.4, -0.2) is 17.3 Å². The standard InChI is InChI=1S/C9H6Cl2N2O2/c1-14-7-3-2-5(10)4-6(7)8-12-9(11)13-15-8/h2-4H,1H3. The van der Waals surface area contributed by atoms with Crippen molar-refractivity contribution < 1.29 is 9.26 Å². The molecule has 0 spiro atoms. The van der Waals surface area contributed by atoms with E-state index in [0.717, 1.165) is 0 Å². The van der Waals surface area contributed by atoms with Crippen molar-refractivity contribution >= 4 is 23.2 Å². The Morgan fingerprint density at radius 3 is 2.73 bits per heavy atom. The van der Waals surface area contributed by atoms with Crippen molar-refractivity contribution in [3.05, 3.63) is 28.5 Å². The zero-order valence-corrected chi connectivity index (χ0v) is 9.21. The highest BCUT2D eigenvalue weighted by Crippen LogP contribution is 2.31. The van der Waals surface area contributed by atoms with E-state index in [-0.39, 0.29) is 11.2 Å². The Labute approximate surface area is 95.8 Å². The molecule has 1 aromatic heterocycles. The molecule has 1 aromatic carbocycles. The van der Waals surface area contributed by atoms with Crippen LogP contribution in [0.15, 0.2) is 22.7 Å². The Bertz CT molecular complexity index is 485. The summed E-state index contributed by atoms with van der Waals surface area (Å²) in [5, 5.41) is 4.08. The number of benzene rings is 1. The van der Waals surface area contributed by atoms with Crippen LogP contribution < -0.4 is 4.74 Å². The summed E-state index contributed by atoms with van der Waals surface area (Å²) >= 11 is 11.4. The lowest BCUT2D eigenvalue weighted by Crippen LogP contribution is -1.87. The van der Waals surface area contributed by atoms with E-state index >= 15 is 0 Å². The van der Waals surface area contributed by atoms with Gasteiger partial charge in [-0.05, 0) is 35.0 Å². The second-order valence-electron chi connectivity index (χ2n) is 2.71. The van der Waals surface area contributed by atoms with Crippen molar-refractivity contribution in [2.45, 2.75) is 0 Å². The van der Waals surface area contributed by atoms with Crippen LogP contribution in [0.2, 0.25) is 10.3 Å². The molecule has 0 fully saturated rings. The normalized spacial score (nSPS) is 10.3. The largest absolute Gasteiger partial charge is 0.496 e. The van der Waals surface area contributed by atoms with Crippen LogP contribution in [0.4, 0.5) is 0 Å². The molecule has 6 heteroatoms. The molecule has 0 amide bonds. The highest BCUT2D eigenvalue weighted by Gasteiger charge is 2.13. The average Bonchev–Trinajstić information content (AvgIpc) is 2.65. The van der Waals surface area contributed by atoms with Crippen LogP contribution in [0.3, 0.4) is 0 Å². The van der Waals surface area contributed by atoms with Gasteiger partial charge < -0.3 is 9.26 Å². The summed E-state index contributed by atoms with van der Waals surface area (Å²) in [6, 6.07) is 5.10. The highest BCUT2D eigenvalue weighted by molar-refractivity contribution is 6.31. The number of hydrogen-bond acceptors (Lipinski definition) is 4. The quantitative estimate of drug-likeness (QED) is 0.815. The molecule has 0 aliphatic rings. The zero-order valence-electron chi connectivity index (χ0n) is 7.70. The fourth-order valence-corrected chi connectivity index (χ4v) is 1.45. The van der Waals surface area contributed by atoms with E-state index in [1.54, 1.807) is 25.3 Å². The van der Waals surface area contributed by atoms with Crippen molar-refractivity contribution in [2.24, 2.45) is 0 Å². The first-order valence-corrected chi connectivity index (χ1v) is 4.79. The maximum Gasteiger partial charge on any atom is 0.264 e. The van der Waals surface area contributed by atoms with Gasteiger partial charge in [-0.3, -0.25) is 0 Å². The molecule has 15 heavy (non-hydrogen) atoms. The van der Waals surface area contributed by atoms with Crippen molar-refractivity contribution in [3.8, 4) is 17.2 Å². The number of methoxy groups -OCH3 is 1. The molecular weight excluding hydrogens is 239 g/mol. The molecule has 1 heterocycles. The molecule has 0 unspecified atom stereocenters. The van der Waals surface area contributed by atoms with Crippen molar-refractivity contribution in [3.63, 3.8) is 0 Å². The minimum absolute atomic E-state index is 0.0482. The van der Waals surface area contributed by atoms with Gasteiger partial charge in [-0.1, -0.05) is 11.6 Å². The van der Waals surface area contributed by atoms with Crippen LogP contribution in [0.1, 0.15) is 0 Å². The molecule has 0 aliphatic heterocycles. The Hall–Kier alpha value is -1.26. The van der Waals surface area contributed by atoms with Crippen LogP contribution in [0, 0.1) is 0 Å². The van der Waals surface area contributed by atoms with Crippen molar-refractivity contribution in [1.29, 1.82) is 0 Å². The smallest absolute Gasteiger partial charge is 0.264 e. The van der Waals surface area contributed by atoms with Gasteiger partial charge >= 0.3 is 0 Å². The Balaban J connectivity index is 2.55. The van der Waals surface area contributed by atoms with Crippen molar-refractivity contribution in [1.82, 2.24) is 10.1 Å². The Morgan fingerprint density at radius 2 is 2.13 bits per heavy atom. The molecular formula is C9H6Cl2N2O2. The summed E-state index contributed by atoms with van der Waals surface area (Å²) in [7, 11) is 1.55. The lowest BCUT2D eigenvalue weighted by atomic mass is 10.2. The molecule has 78 valence electrons. The Kier molecular flexibility index (Phi) is 2.79. The molecule has 2 aromatic rings. The highest BCUT2D eigenvalue weighted by atomic mass is 35.5.